The molecule has 2 aromatic carbocycles. The van der Waals surface area contributed by atoms with E-state index in [1.54, 1.807) is 29.0 Å². The number of nitrogens with zero attached hydrogens (tertiary/aromatic N) is 2. The Morgan fingerprint density at radius 1 is 1.14 bits per heavy atom. The molecule has 0 N–H and O–H groups in total. The van der Waals surface area contributed by atoms with Crippen molar-refractivity contribution in [2.75, 3.05) is 46.5 Å². The van der Waals surface area contributed by atoms with Crippen LogP contribution < -0.4 is 0 Å². The van der Waals surface area contributed by atoms with Crippen LogP contribution in [0.25, 0.3) is 0 Å². The number of methoxy groups -OCH3 is 1. The third-order valence-corrected chi connectivity index (χ3v) is 4.81. The fourth-order valence-electron chi connectivity index (χ4n) is 3.28. The lowest BCUT2D eigenvalue weighted by atomic mass is 10.1. The average molecular weight is 400 g/mol. The summed E-state index contributed by atoms with van der Waals surface area (Å²) < 4.78 is 24.1. The van der Waals surface area contributed by atoms with Crippen LogP contribution in [-0.2, 0) is 9.47 Å². The van der Waals surface area contributed by atoms with Gasteiger partial charge in [0.15, 0.2) is 0 Å². The molecule has 2 aromatic rings. The number of morpholine rings is 1. The summed E-state index contributed by atoms with van der Waals surface area (Å²) in [5, 5.41) is 0. The molecule has 7 heteroatoms. The molecule has 6 nitrogen and oxygen atoms in total. The zero-order valence-corrected chi connectivity index (χ0v) is 16.4. The summed E-state index contributed by atoms with van der Waals surface area (Å²) in [6.45, 7) is 2.39. The van der Waals surface area contributed by atoms with E-state index in [1.807, 2.05) is 18.2 Å². The minimum absolute atomic E-state index is 0.103. The molecule has 2 amide bonds. The first kappa shape index (κ1) is 21.0. The van der Waals surface area contributed by atoms with Crippen LogP contribution in [0.15, 0.2) is 54.6 Å². The van der Waals surface area contributed by atoms with Crippen LogP contribution in [0.1, 0.15) is 20.7 Å². The van der Waals surface area contributed by atoms with E-state index in [1.165, 1.54) is 24.3 Å². The molecule has 0 saturated carbocycles. The summed E-state index contributed by atoms with van der Waals surface area (Å²) >= 11 is 0. The lowest BCUT2D eigenvalue weighted by Gasteiger charge is -2.36. The van der Waals surface area contributed by atoms with Crippen molar-refractivity contribution in [1.29, 1.82) is 0 Å². The lowest BCUT2D eigenvalue weighted by Crippen LogP contribution is -2.51. The quantitative estimate of drug-likeness (QED) is 0.717. The van der Waals surface area contributed by atoms with E-state index in [2.05, 4.69) is 0 Å². The highest BCUT2D eigenvalue weighted by atomic mass is 19.1. The van der Waals surface area contributed by atoms with Crippen LogP contribution in [0.4, 0.5) is 4.39 Å². The molecule has 0 spiro atoms. The molecule has 0 bridgehead atoms. The number of halogens is 1. The number of benzene rings is 2. The van der Waals surface area contributed by atoms with Crippen molar-refractivity contribution in [3.05, 3.63) is 71.5 Å². The molecule has 1 atom stereocenters. The predicted molar refractivity (Wildman–Crippen MR) is 106 cm³/mol. The Balaban J connectivity index is 1.66. The summed E-state index contributed by atoms with van der Waals surface area (Å²) in [5.41, 5.74) is 1.03. The Hall–Kier alpha value is -2.77. The number of carbonyl (C=O) groups is 2. The van der Waals surface area contributed by atoms with E-state index in [0.29, 0.717) is 50.5 Å². The van der Waals surface area contributed by atoms with Gasteiger partial charge in [0.1, 0.15) is 5.82 Å². The normalized spacial score (nSPS) is 16.5. The first-order chi connectivity index (χ1) is 14.1. The van der Waals surface area contributed by atoms with Crippen LogP contribution in [0.5, 0.6) is 0 Å². The van der Waals surface area contributed by atoms with Gasteiger partial charge in [0.25, 0.3) is 11.8 Å². The summed E-state index contributed by atoms with van der Waals surface area (Å²) in [4.78, 5) is 29.0. The maximum absolute atomic E-state index is 13.1. The highest BCUT2D eigenvalue weighted by molar-refractivity contribution is 5.95. The lowest BCUT2D eigenvalue weighted by molar-refractivity contribution is -0.0347. The molecule has 29 heavy (non-hydrogen) atoms. The Morgan fingerprint density at radius 2 is 1.86 bits per heavy atom. The van der Waals surface area contributed by atoms with Crippen LogP contribution in [-0.4, -0.2) is 74.2 Å². The zero-order chi connectivity index (χ0) is 20.6. The largest absolute Gasteiger partial charge is 0.383 e. The van der Waals surface area contributed by atoms with Gasteiger partial charge in [0, 0.05) is 44.4 Å². The maximum atomic E-state index is 13.1. The van der Waals surface area contributed by atoms with E-state index in [0.717, 1.165) is 0 Å². The third-order valence-electron chi connectivity index (χ3n) is 4.81. The van der Waals surface area contributed by atoms with Gasteiger partial charge >= 0.3 is 0 Å². The van der Waals surface area contributed by atoms with E-state index in [4.69, 9.17) is 9.47 Å². The van der Waals surface area contributed by atoms with Crippen LogP contribution in [0.3, 0.4) is 0 Å². The second-order valence-electron chi connectivity index (χ2n) is 6.86. The van der Waals surface area contributed by atoms with Crippen molar-refractivity contribution < 1.29 is 23.5 Å². The number of hydrogen-bond acceptors (Lipinski definition) is 4. The van der Waals surface area contributed by atoms with Crippen LogP contribution in [0, 0.1) is 5.82 Å². The van der Waals surface area contributed by atoms with Gasteiger partial charge in [0.2, 0.25) is 0 Å². The van der Waals surface area contributed by atoms with Crippen molar-refractivity contribution in [2.45, 2.75) is 6.10 Å². The standard InChI is InChI=1S/C22H25FN2O4/c1-28-13-11-24(21(26)17-5-3-2-4-6-17)15-20-16-25(12-14-29-20)22(27)18-7-9-19(23)10-8-18/h2-10,20H,11-16H2,1H3. The fourth-order valence-corrected chi connectivity index (χ4v) is 3.28. The summed E-state index contributed by atoms with van der Waals surface area (Å²) in [6, 6.07) is 14.6. The predicted octanol–water partition coefficient (Wildman–Crippen LogP) is 2.46. The number of rotatable bonds is 7. The molecule has 1 saturated heterocycles. The second kappa shape index (κ2) is 10.1. The summed E-state index contributed by atoms with van der Waals surface area (Å²) in [5.74, 6) is -0.654. The molecular formula is C22H25FN2O4. The topological polar surface area (TPSA) is 59.1 Å². The SMILES string of the molecule is COCCN(CC1CN(C(=O)c2ccc(F)cc2)CCO1)C(=O)c1ccccc1. The Kier molecular flexibility index (Phi) is 7.32. The number of amides is 2. The molecule has 0 aromatic heterocycles. The monoisotopic (exact) mass is 400 g/mol. The Bertz CT molecular complexity index is 813. The van der Waals surface area contributed by atoms with Gasteiger partial charge in [-0.25, -0.2) is 4.39 Å². The van der Waals surface area contributed by atoms with E-state index < -0.39 is 0 Å². The highest BCUT2D eigenvalue weighted by Crippen LogP contribution is 2.14. The van der Waals surface area contributed by atoms with Crippen molar-refractivity contribution in [3.8, 4) is 0 Å². The molecule has 1 unspecified atom stereocenters. The average Bonchev–Trinajstić information content (AvgIpc) is 2.77. The third kappa shape index (κ3) is 5.62. The van der Waals surface area contributed by atoms with Crippen molar-refractivity contribution in [2.24, 2.45) is 0 Å². The Labute approximate surface area is 169 Å². The smallest absolute Gasteiger partial charge is 0.254 e. The van der Waals surface area contributed by atoms with Gasteiger partial charge < -0.3 is 19.3 Å². The maximum Gasteiger partial charge on any atom is 0.254 e. The molecule has 1 aliphatic rings. The first-order valence-corrected chi connectivity index (χ1v) is 9.58. The molecule has 1 aliphatic heterocycles. The van der Waals surface area contributed by atoms with E-state index in [-0.39, 0.29) is 23.7 Å². The molecular weight excluding hydrogens is 375 g/mol. The molecule has 0 radical (unpaired) electrons. The minimum atomic E-state index is -0.380. The van der Waals surface area contributed by atoms with Gasteiger partial charge in [-0.1, -0.05) is 18.2 Å². The van der Waals surface area contributed by atoms with Crippen molar-refractivity contribution in [3.63, 3.8) is 0 Å². The fraction of sp³-hybridized carbons (Fsp3) is 0.364. The molecule has 1 fully saturated rings. The first-order valence-electron chi connectivity index (χ1n) is 9.58. The van der Waals surface area contributed by atoms with Gasteiger partial charge in [-0.2, -0.15) is 0 Å². The molecule has 1 heterocycles. The molecule has 0 aliphatic carbocycles. The number of ether oxygens (including phenoxy) is 2. The van der Waals surface area contributed by atoms with E-state index >= 15 is 0 Å². The van der Waals surface area contributed by atoms with Gasteiger partial charge in [-0.3, -0.25) is 9.59 Å². The van der Waals surface area contributed by atoms with Gasteiger partial charge in [-0.05, 0) is 36.4 Å². The van der Waals surface area contributed by atoms with Gasteiger partial charge in [-0.15, -0.1) is 0 Å². The highest BCUT2D eigenvalue weighted by Gasteiger charge is 2.28. The Morgan fingerprint density at radius 3 is 2.55 bits per heavy atom. The number of carbonyl (C=O) groups excluding carboxylic acids is 2. The molecule has 154 valence electrons. The van der Waals surface area contributed by atoms with Crippen LogP contribution in [0.2, 0.25) is 0 Å². The second-order valence-corrected chi connectivity index (χ2v) is 6.86. The number of hydrogen-bond donors (Lipinski definition) is 0. The van der Waals surface area contributed by atoms with Gasteiger partial charge in [0.05, 0.1) is 19.3 Å². The summed E-state index contributed by atoms with van der Waals surface area (Å²) in [7, 11) is 1.59. The van der Waals surface area contributed by atoms with Crippen molar-refractivity contribution in [1.82, 2.24) is 9.80 Å². The molecule has 3 rings (SSSR count). The zero-order valence-electron chi connectivity index (χ0n) is 16.4. The van der Waals surface area contributed by atoms with E-state index in [9.17, 15) is 14.0 Å². The van der Waals surface area contributed by atoms with Crippen LogP contribution >= 0.6 is 0 Å². The minimum Gasteiger partial charge on any atom is -0.383 e. The van der Waals surface area contributed by atoms with Crippen molar-refractivity contribution >= 4 is 11.8 Å². The summed E-state index contributed by atoms with van der Waals surface area (Å²) in [6.07, 6.45) is -0.308.